The monoisotopic (exact) mass is 407 g/mol. The number of fused-ring (bicyclic) bond motifs is 1. The first-order valence-corrected chi connectivity index (χ1v) is 9.84. The number of nitrogens with zero attached hydrogens (tertiary/aromatic N) is 4. The molecule has 0 aliphatic carbocycles. The Morgan fingerprint density at radius 3 is 2.50 bits per heavy atom. The van der Waals surface area contributed by atoms with Crippen molar-refractivity contribution in [3.8, 4) is 23.0 Å². The van der Waals surface area contributed by atoms with Crippen LogP contribution in [0, 0.1) is 0 Å². The second-order valence-electron chi connectivity index (χ2n) is 7.02. The highest BCUT2D eigenvalue weighted by molar-refractivity contribution is 5.90. The van der Waals surface area contributed by atoms with Crippen LogP contribution < -0.4 is 19.7 Å². The molecule has 0 saturated carbocycles. The van der Waals surface area contributed by atoms with Gasteiger partial charge in [0.2, 0.25) is 0 Å². The van der Waals surface area contributed by atoms with Crippen molar-refractivity contribution in [1.29, 1.82) is 0 Å². The van der Waals surface area contributed by atoms with Gasteiger partial charge < -0.3 is 29.0 Å². The van der Waals surface area contributed by atoms with Gasteiger partial charge in [0.15, 0.2) is 23.1 Å². The van der Waals surface area contributed by atoms with Gasteiger partial charge in [0.1, 0.15) is 18.9 Å². The molecule has 0 spiro atoms. The van der Waals surface area contributed by atoms with Crippen molar-refractivity contribution in [1.82, 2.24) is 15.1 Å². The van der Waals surface area contributed by atoms with Gasteiger partial charge in [-0.1, -0.05) is 0 Å². The van der Waals surface area contributed by atoms with Crippen molar-refractivity contribution < 1.29 is 18.7 Å². The number of rotatable bonds is 3. The van der Waals surface area contributed by atoms with Crippen LogP contribution in [0.3, 0.4) is 0 Å². The Kier molecular flexibility index (Phi) is 4.84. The number of amides is 2. The van der Waals surface area contributed by atoms with E-state index < -0.39 is 0 Å². The van der Waals surface area contributed by atoms with Crippen LogP contribution in [0.5, 0.6) is 11.5 Å². The SMILES string of the molecule is O=C(Nc1ccc2c(c1)OCCO2)N1CCN(c2ccc(-c3ccco3)nn2)CC1. The number of anilines is 2. The Labute approximate surface area is 173 Å². The topological polar surface area (TPSA) is 93.0 Å². The number of piperazine rings is 1. The molecule has 0 unspecified atom stereocenters. The zero-order valence-corrected chi connectivity index (χ0v) is 16.3. The zero-order chi connectivity index (χ0) is 20.3. The largest absolute Gasteiger partial charge is 0.486 e. The third-order valence-electron chi connectivity index (χ3n) is 5.11. The van der Waals surface area contributed by atoms with Gasteiger partial charge in [-0.2, -0.15) is 0 Å². The average Bonchev–Trinajstić information content (AvgIpc) is 3.34. The van der Waals surface area contributed by atoms with E-state index in [1.807, 2.05) is 36.4 Å². The summed E-state index contributed by atoms with van der Waals surface area (Å²) in [5.41, 5.74) is 1.38. The molecule has 2 amide bonds. The third-order valence-corrected chi connectivity index (χ3v) is 5.11. The number of urea groups is 1. The summed E-state index contributed by atoms with van der Waals surface area (Å²) in [4.78, 5) is 16.5. The summed E-state index contributed by atoms with van der Waals surface area (Å²) in [7, 11) is 0. The molecule has 2 aliphatic rings. The van der Waals surface area contributed by atoms with Gasteiger partial charge in [0.25, 0.3) is 0 Å². The fraction of sp³-hybridized carbons (Fsp3) is 0.286. The van der Waals surface area contributed by atoms with E-state index in [0.29, 0.717) is 68.0 Å². The van der Waals surface area contributed by atoms with Gasteiger partial charge in [-0.3, -0.25) is 0 Å². The zero-order valence-electron chi connectivity index (χ0n) is 16.3. The van der Waals surface area contributed by atoms with Crippen LogP contribution in [0.1, 0.15) is 0 Å². The van der Waals surface area contributed by atoms with Crippen LogP contribution in [0.2, 0.25) is 0 Å². The van der Waals surface area contributed by atoms with Gasteiger partial charge in [-0.05, 0) is 36.4 Å². The molecule has 1 saturated heterocycles. The fourth-order valence-corrected chi connectivity index (χ4v) is 3.51. The number of hydrogen-bond acceptors (Lipinski definition) is 7. The maximum absolute atomic E-state index is 12.6. The summed E-state index contributed by atoms with van der Waals surface area (Å²) in [6.07, 6.45) is 1.61. The van der Waals surface area contributed by atoms with Crippen LogP contribution in [-0.2, 0) is 0 Å². The van der Waals surface area contributed by atoms with E-state index in [2.05, 4.69) is 20.4 Å². The second-order valence-corrected chi connectivity index (χ2v) is 7.02. The first-order valence-electron chi connectivity index (χ1n) is 9.84. The summed E-state index contributed by atoms with van der Waals surface area (Å²) >= 11 is 0. The first-order chi connectivity index (χ1) is 14.8. The number of benzene rings is 1. The van der Waals surface area contributed by atoms with E-state index in [1.54, 1.807) is 17.2 Å². The minimum Gasteiger partial charge on any atom is -0.486 e. The van der Waals surface area contributed by atoms with Gasteiger partial charge in [-0.25, -0.2) is 4.79 Å². The lowest BCUT2D eigenvalue weighted by Gasteiger charge is -2.35. The van der Waals surface area contributed by atoms with Crippen LogP contribution in [0.4, 0.5) is 16.3 Å². The minimum absolute atomic E-state index is 0.134. The minimum atomic E-state index is -0.134. The van der Waals surface area contributed by atoms with Gasteiger partial charge in [0, 0.05) is 37.9 Å². The lowest BCUT2D eigenvalue weighted by atomic mass is 10.2. The number of furan rings is 1. The Morgan fingerprint density at radius 2 is 1.77 bits per heavy atom. The van der Waals surface area contributed by atoms with Crippen LogP contribution in [-0.4, -0.2) is 60.5 Å². The molecule has 0 atom stereocenters. The van der Waals surface area contributed by atoms with Crippen molar-refractivity contribution >= 4 is 17.5 Å². The molecule has 1 fully saturated rings. The average molecular weight is 407 g/mol. The molecule has 0 bridgehead atoms. The molecule has 9 heteroatoms. The van der Waals surface area contributed by atoms with E-state index in [9.17, 15) is 4.79 Å². The normalized spacial score (nSPS) is 15.7. The van der Waals surface area contributed by atoms with Crippen molar-refractivity contribution in [2.75, 3.05) is 49.6 Å². The molecular weight excluding hydrogens is 386 g/mol. The molecule has 1 N–H and O–H groups in total. The lowest BCUT2D eigenvalue weighted by Crippen LogP contribution is -2.50. The van der Waals surface area contributed by atoms with Crippen molar-refractivity contribution in [3.05, 3.63) is 48.7 Å². The summed E-state index contributed by atoms with van der Waals surface area (Å²) in [5.74, 6) is 2.83. The molecule has 154 valence electrons. The van der Waals surface area contributed by atoms with E-state index in [4.69, 9.17) is 13.9 Å². The highest BCUT2D eigenvalue weighted by Crippen LogP contribution is 2.32. The Morgan fingerprint density at radius 1 is 0.933 bits per heavy atom. The standard InChI is InChI=1S/C21H21N5O4/c27-21(22-15-3-5-18-19(14-15)30-13-12-29-18)26-9-7-25(8-10-26)20-6-4-16(23-24-20)17-2-1-11-28-17/h1-6,11,14H,7-10,12-13H2,(H,22,27). The van der Waals surface area contributed by atoms with Gasteiger partial charge in [-0.15, -0.1) is 10.2 Å². The number of hydrogen-bond donors (Lipinski definition) is 1. The molecule has 30 heavy (non-hydrogen) atoms. The van der Waals surface area contributed by atoms with E-state index >= 15 is 0 Å². The Hall–Kier alpha value is -3.75. The number of carbonyl (C=O) groups excluding carboxylic acids is 1. The molecule has 0 radical (unpaired) electrons. The lowest BCUT2D eigenvalue weighted by molar-refractivity contribution is 0.171. The van der Waals surface area contributed by atoms with Crippen molar-refractivity contribution in [2.45, 2.75) is 0 Å². The molecule has 1 aromatic carbocycles. The second kappa shape index (κ2) is 7.94. The summed E-state index contributed by atoms with van der Waals surface area (Å²) in [6.45, 7) is 3.61. The molecule has 3 aromatic rings. The molecule has 5 rings (SSSR count). The number of aromatic nitrogens is 2. The molecule has 4 heterocycles. The maximum Gasteiger partial charge on any atom is 0.321 e. The van der Waals surface area contributed by atoms with Crippen LogP contribution in [0.25, 0.3) is 11.5 Å². The van der Waals surface area contributed by atoms with Gasteiger partial charge >= 0.3 is 6.03 Å². The maximum atomic E-state index is 12.6. The van der Waals surface area contributed by atoms with Crippen molar-refractivity contribution in [2.24, 2.45) is 0 Å². The summed E-state index contributed by atoms with van der Waals surface area (Å²) in [5, 5.41) is 11.5. The quantitative estimate of drug-likeness (QED) is 0.714. The molecular formula is C21H21N5O4. The number of nitrogens with one attached hydrogen (secondary N) is 1. The highest BCUT2D eigenvalue weighted by atomic mass is 16.6. The number of carbonyl (C=O) groups is 1. The molecule has 9 nitrogen and oxygen atoms in total. The van der Waals surface area contributed by atoms with Crippen molar-refractivity contribution in [3.63, 3.8) is 0 Å². The highest BCUT2D eigenvalue weighted by Gasteiger charge is 2.23. The van der Waals surface area contributed by atoms with E-state index in [1.165, 1.54) is 0 Å². The smallest absolute Gasteiger partial charge is 0.321 e. The van der Waals surface area contributed by atoms with Gasteiger partial charge in [0.05, 0.1) is 6.26 Å². The van der Waals surface area contributed by atoms with Crippen LogP contribution >= 0.6 is 0 Å². The first kappa shape index (κ1) is 18.3. The third kappa shape index (κ3) is 3.73. The number of ether oxygens (including phenoxy) is 2. The van der Waals surface area contributed by atoms with E-state index in [-0.39, 0.29) is 6.03 Å². The Bertz CT molecular complexity index is 1010. The fourth-order valence-electron chi connectivity index (χ4n) is 3.51. The summed E-state index contributed by atoms with van der Waals surface area (Å²) < 4.78 is 16.4. The Balaban J connectivity index is 1.17. The summed E-state index contributed by atoms with van der Waals surface area (Å²) in [6, 6.07) is 12.8. The predicted octanol–water partition coefficient (Wildman–Crippen LogP) is 2.86. The predicted molar refractivity (Wildman–Crippen MR) is 110 cm³/mol. The van der Waals surface area contributed by atoms with Crippen LogP contribution in [0.15, 0.2) is 53.1 Å². The van der Waals surface area contributed by atoms with E-state index in [0.717, 1.165) is 5.82 Å². The molecule has 2 aromatic heterocycles. The molecule has 2 aliphatic heterocycles.